The highest BCUT2D eigenvalue weighted by molar-refractivity contribution is 5.59. The van der Waals surface area contributed by atoms with Crippen LogP contribution in [0.3, 0.4) is 0 Å². The molecular formula is C18H16F3N3. The fraction of sp³-hybridized carbons (Fsp3) is 0.222. The molecule has 0 atom stereocenters. The highest BCUT2D eigenvalue weighted by Crippen LogP contribution is 2.31. The van der Waals surface area contributed by atoms with Gasteiger partial charge in [0.1, 0.15) is 5.82 Å². The summed E-state index contributed by atoms with van der Waals surface area (Å²) < 4.78 is 42.1. The number of pyridine rings is 1. The minimum absolute atomic E-state index is 0.460. The van der Waals surface area contributed by atoms with Crippen LogP contribution in [-0.4, -0.2) is 14.8 Å². The van der Waals surface area contributed by atoms with Crippen molar-refractivity contribution in [1.82, 2.24) is 14.8 Å². The van der Waals surface area contributed by atoms with E-state index in [1.807, 2.05) is 13.0 Å². The SMILES string of the molecule is Cc1cncc(Cn2ccc(-c3ccc(C(C)(F)F)c(F)c3)n2)c1. The lowest BCUT2D eigenvalue weighted by molar-refractivity contribution is 0.0138. The highest BCUT2D eigenvalue weighted by Gasteiger charge is 2.28. The van der Waals surface area contributed by atoms with E-state index in [-0.39, 0.29) is 0 Å². The van der Waals surface area contributed by atoms with Crippen LogP contribution in [0.15, 0.2) is 48.9 Å². The van der Waals surface area contributed by atoms with Crippen molar-refractivity contribution in [3.05, 3.63) is 71.4 Å². The number of halogens is 3. The van der Waals surface area contributed by atoms with Gasteiger partial charge in [0.05, 0.1) is 17.8 Å². The van der Waals surface area contributed by atoms with Gasteiger partial charge in [0.25, 0.3) is 5.92 Å². The number of aryl methyl sites for hydroxylation is 1. The van der Waals surface area contributed by atoms with Crippen LogP contribution in [0.4, 0.5) is 13.2 Å². The van der Waals surface area contributed by atoms with Crippen molar-refractivity contribution in [2.75, 3.05) is 0 Å². The molecule has 3 nitrogen and oxygen atoms in total. The normalized spacial score (nSPS) is 11.7. The Morgan fingerprint density at radius 1 is 1.12 bits per heavy atom. The van der Waals surface area contributed by atoms with Crippen LogP contribution in [-0.2, 0) is 12.5 Å². The quantitative estimate of drug-likeness (QED) is 0.702. The van der Waals surface area contributed by atoms with Gasteiger partial charge in [0.15, 0.2) is 0 Å². The third-order valence-corrected chi connectivity index (χ3v) is 3.65. The number of benzene rings is 1. The number of rotatable bonds is 4. The lowest BCUT2D eigenvalue weighted by atomic mass is 10.0. The molecule has 0 amide bonds. The maximum atomic E-state index is 13.9. The molecule has 0 aliphatic heterocycles. The summed E-state index contributed by atoms with van der Waals surface area (Å²) in [4.78, 5) is 4.13. The van der Waals surface area contributed by atoms with E-state index in [1.54, 1.807) is 29.3 Å². The largest absolute Gasteiger partial charge is 0.273 e. The Labute approximate surface area is 137 Å². The van der Waals surface area contributed by atoms with Gasteiger partial charge in [-0.3, -0.25) is 9.67 Å². The standard InChI is InChI=1S/C18H16F3N3/c1-12-7-13(10-22-9-12)11-24-6-5-17(23-24)14-3-4-15(16(19)8-14)18(2,20)21/h3-10H,11H2,1-2H3. The molecule has 3 aromatic rings. The molecule has 2 aromatic heterocycles. The van der Waals surface area contributed by atoms with Crippen molar-refractivity contribution >= 4 is 0 Å². The van der Waals surface area contributed by atoms with Crippen LogP contribution in [0.5, 0.6) is 0 Å². The third-order valence-electron chi connectivity index (χ3n) is 3.65. The van der Waals surface area contributed by atoms with Gasteiger partial charge in [0.2, 0.25) is 0 Å². The number of hydrogen-bond acceptors (Lipinski definition) is 2. The van der Waals surface area contributed by atoms with E-state index in [2.05, 4.69) is 10.1 Å². The first-order valence-electron chi connectivity index (χ1n) is 7.45. The van der Waals surface area contributed by atoms with E-state index in [0.717, 1.165) is 23.3 Å². The first-order chi connectivity index (χ1) is 11.3. The van der Waals surface area contributed by atoms with Gasteiger partial charge >= 0.3 is 0 Å². The maximum absolute atomic E-state index is 13.9. The third kappa shape index (κ3) is 3.48. The zero-order valence-corrected chi connectivity index (χ0v) is 13.3. The van der Waals surface area contributed by atoms with Crippen LogP contribution in [0.2, 0.25) is 0 Å². The van der Waals surface area contributed by atoms with E-state index in [0.29, 0.717) is 24.7 Å². The van der Waals surface area contributed by atoms with Crippen molar-refractivity contribution in [3.8, 4) is 11.3 Å². The smallest absolute Gasteiger partial charge is 0.268 e. The number of alkyl halides is 2. The van der Waals surface area contributed by atoms with Gasteiger partial charge in [-0.1, -0.05) is 12.1 Å². The summed E-state index contributed by atoms with van der Waals surface area (Å²) in [6, 6.07) is 7.38. The van der Waals surface area contributed by atoms with Gasteiger partial charge in [-0.05, 0) is 36.2 Å². The summed E-state index contributed by atoms with van der Waals surface area (Å²) in [5.74, 6) is -4.14. The van der Waals surface area contributed by atoms with Crippen molar-refractivity contribution in [2.45, 2.75) is 26.3 Å². The minimum Gasteiger partial charge on any atom is -0.268 e. The second kappa shape index (κ2) is 6.11. The topological polar surface area (TPSA) is 30.7 Å². The van der Waals surface area contributed by atoms with Crippen molar-refractivity contribution in [1.29, 1.82) is 0 Å². The second-order valence-corrected chi connectivity index (χ2v) is 5.85. The molecule has 0 spiro atoms. The molecule has 0 aliphatic carbocycles. The first-order valence-corrected chi connectivity index (χ1v) is 7.45. The molecule has 1 aromatic carbocycles. The predicted molar refractivity (Wildman–Crippen MR) is 85.3 cm³/mol. The van der Waals surface area contributed by atoms with Crippen LogP contribution in [0, 0.1) is 12.7 Å². The van der Waals surface area contributed by atoms with E-state index in [1.165, 1.54) is 6.07 Å². The van der Waals surface area contributed by atoms with E-state index < -0.39 is 17.3 Å². The predicted octanol–water partition coefficient (Wildman–Crippen LogP) is 4.55. The Hall–Kier alpha value is -2.63. The molecular weight excluding hydrogens is 315 g/mol. The molecule has 0 aliphatic rings. The molecule has 124 valence electrons. The minimum atomic E-state index is -3.21. The van der Waals surface area contributed by atoms with Gasteiger partial charge in [-0.25, -0.2) is 13.2 Å². The molecule has 0 saturated carbocycles. The monoisotopic (exact) mass is 331 g/mol. The average Bonchev–Trinajstić information content (AvgIpc) is 2.94. The van der Waals surface area contributed by atoms with Gasteiger partial charge in [-0.15, -0.1) is 0 Å². The molecule has 0 fully saturated rings. The fourth-order valence-corrected chi connectivity index (χ4v) is 2.53. The van der Waals surface area contributed by atoms with E-state index in [4.69, 9.17) is 0 Å². The molecule has 6 heteroatoms. The lowest BCUT2D eigenvalue weighted by Gasteiger charge is -2.12. The molecule has 0 saturated heterocycles. The average molecular weight is 331 g/mol. The molecule has 0 unspecified atom stereocenters. The summed E-state index contributed by atoms with van der Waals surface area (Å²) in [5, 5.41) is 4.37. The molecule has 3 rings (SSSR count). The Morgan fingerprint density at radius 2 is 1.92 bits per heavy atom. The summed E-state index contributed by atoms with van der Waals surface area (Å²) in [6.07, 6.45) is 5.29. The number of nitrogens with zero attached hydrogens (tertiary/aromatic N) is 3. The first kappa shape index (κ1) is 16.2. The van der Waals surface area contributed by atoms with Crippen LogP contribution < -0.4 is 0 Å². The summed E-state index contributed by atoms with van der Waals surface area (Å²) in [5.41, 5.74) is 2.42. The molecule has 0 radical (unpaired) electrons. The van der Waals surface area contributed by atoms with E-state index >= 15 is 0 Å². The maximum Gasteiger partial charge on any atom is 0.273 e. The summed E-state index contributed by atoms with van der Waals surface area (Å²) >= 11 is 0. The zero-order valence-electron chi connectivity index (χ0n) is 13.3. The lowest BCUT2D eigenvalue weighted by Crippen LogP contribution is -2.09. The van der Waals surface area contributed by atoms with Crippen molar-refractivity contribution in [2.24, 2.45) is 0 Å². The van der Waals surface area contributed by atoms with Crippen LogP contribution in [0.1, 0.15) is 23.6 Å². The molecule has 24 heavy (non-hydrogen) atoms. The Bertz CT molecular complexity index is 866. The summed E-state index contributed by atoms with van der Waals surface area (Å²) in [6.45, 7) is 3.16. The summed E-state index contributed by atoms with van der Waals surface area (Å²) in [7, 11) is 0. The highest BCUT2D eigenvalue weighted by atomic mass is 19.3. The molecule has 0 bridgehead atoms. The van der Waals surface area contributed by atoms with Crippen LogP contribution in [0.25, 0.3) is 11.3 Å². The van der Waals surface area contributed by atoms with Gasteiger partial charge in [-0.2, -0.15) is 5.10 Å². The van der Waals surface area contributed by atoms with Gasteiger partial charge < -0.3 is 0 Å². The Kier molecular flexibility index (Phi) is 4.13. The van der Waals surface area contributed by atoms with Crippen molar-refractivity contribution in [3.63, 3.8) is 0 Å². The fourth-order valence-electron chi connectivity index (χ4n) is 2.53. The molecule has 2 heterocycles. The Morgan fingerprint density at radius 3 is 2.58 bits per heavy atom. The second-order valence-electron chi connectivity index (χ2n) is 5.85. The number of aromatic nitrogens is 3. The number of hydrogen-bond donors (Lipinski definition) is 0. The van der Waals surface area contributed by atoms with Gasteiger partial charge in [0, 0.05) is 31.1 Å². The Balaban J connectivity index is 1.84. The van der Waals surface area contributed by atoms with Crippen molar-refractivity contribution < 1.29 is 13.2 Å². The molecule has 0 N–H and O–H groups in total. The van der Waals surface area contributed by atoms with E-state index in [9.17, 15) is 13.2 Å². The zero-order chi connectivity index (χ0) is 17.3. The van der Waals surface area contributed by atoms with Crippen LogP contribution >= 0.6 is 0 Å².